The molecule has 1 aliphatic rings. The Morgan fingerprint density at radius 3 is 2.60 bits per heavy atom. The number of carbonyl (C=O) groups is 2. The highest BCUT2D eigenvalue weighted by Crippen LogP contribution is 2.25. The van der Waals surface area contributed by atoms with Crippen LogP contribution in [-0.4, -0.2) is 51.8 Å². The Bertz CT molecular complexity index is 1090. The lowest BCUT2D eigenvalue weighted by molar-refractivity contribution is -0.123. The van der Waals surface area contributed by atoms with Crippen LogP contribution in [-0.2, 0) is 11.2 Å². The number of likely N-dealkylation sites (tertiary alicyclic amines) is 1. The lowest BCUT2D eigenvalue weighted by Gasteiger charge is -2.27. The van der Waals surface area contributed by atoms with Gasteiger partial charge >= 0.3 is 0 Å². The summed E-state index contributed by atoms with van der Waals surface area (Å²) in [5, 5.41) is 9.51. The first-order chi connectivity index (χ1) is 14.5. The Morgan fingerprint density at radius 1 is 1.03 bits per heavy atom. The van der Waals surface area contributed by atoms with Crippen LogP contribution in [0.2, 0.25) is 0 Å². The highest BCUT2D eigenvalue weighted by molar-refractivity contribution is 5.97. The Morgan fingerprint density at radius 2 is 1.83 bits per heavy atom. The standard InChI is InChI=1S/C24H26N4O2/c1-3-23(29)20-11-19(14-25-15-20)17-4-5-22-18(10-17)12-21(26-27-22)13-24(30)16-6-8-28(2)9-7-16/h4-5,10-12,14-16H,3,6-9,13H2,1-2H3. The number of carbonyl (C=O) groups excluding carboxylic acids is 2. The van der Waals surface area contributed by atoms with Crippen LogP contribution in [0.4, 0.5) is 0 Å². The average molecular weight is 402 g/mol. The molecule has 1 saturated heterocycles. The summed E-state index contributed by atoms with van der Waals surface area (Å²) in [6.45, 7) is 3.78. The molecule has 6 nitrogen and oxygen atoms in total. The van der Waals surface area contributed by atoms with Crippen molar-refractivity contribution in [2.24, 2.45) is 5.92 Å². The molecule has 3 heterocycles. The van der Waals surface area contributed by atoms with Crippen LogP contribution in [0, 0.1) is 5.92 Å². The average Bonchev–Trinajstić information content (AvgIpc) is 2.78. The Hall–Kier alpha value is -2.99. The van der Waals surface area contributed by atoms with Crippen molar-refractivity contribution in [2.45, 2.75) is 32.6 Å². The van der Waals surface area contributed by atoms with E-state index in [4.69, 9.17) is 0 Å². The number of hydrogen-bond donors (Lipinski definition) is 0. The summed E-state index contributed by atoms with van der Waals surface area (Å²) in [6, 6.07) is 9.71. The molecule has 0 atom stereocenters. The predicted octanol–water partition coefficient (Wildman–Crippen LogP) is 3.74. The van der Waals surface area contributed by atoms with Gasteiger partial charge in [0.05, 0.1) is 17.6 Å². The zero-order chi connectivity index (χ0) is 21.1. The van der Waals surface area contributed by atoms with Crippen molar-refractivity contribution < 1.29 is 9.59 Å². The van der Waals surface area contributed by atoms with E-state index in [1.165, 1.54) is 0 Å². The van der Waals surface area contributed by atoms with E-state index in [9.17, 15) is 9.59 Å². The number of nitrogens with zero attached hydrogens (tertiary/aromatic N) is 4. The Kier molecular flexibility index (Phi) is 5.95. The van der Waals surface area contributed by atoms with Gasteiger partial charge in [-0.25, -0.2) is 0 Å². The Labute approximate surface area is 176 Å². The fourth-order valence-corrected chi connectivity index (χ4v) is 3.96. The van der Waals surface area contributed by atoms with Crippen molar-refractivity contribution in [2.75, 3.05) is 20.1 Å². The van der Waals surface area contributed by atoms with E-state index in [0.29, 0.717) is 24.1 Å². The van der Waals surface area contributed by atoms with Crippen LogP contribution in [0.1, 0.15) is 42.2 Å². The summed E-state index contributed by atoms with van der Waals surface area (Å²) in [6.07, 6.45) is 5.97. The summed E-state index contributed by atoms with van der Waals surface area (Å²) in [5.74, 6) is 0.448. The van der Waals surface area contributed by atoms with E-state index < -0.39 is 0 Å². The van der Waals surface area contributed by atoms with Gasteiger partial charge in [-0.2, -0.15) is 10.2 Å². The van der Waals surface area contributed by atoms with Gasteiger partial charge in [0.15, 0.2) is 5.78 Å². The largest absolute Gasteiger partial charge is 0.306 e. The summed E-state index contributed by atoms with van der Waals surface area (Å²) in [4.78, 5) is 31.2. The van der Waals surface area contributed by atoms with E-state index in [1.54, 1.807) is 12.4 Å². The van der Waals surface area contributed by atoms with Crippen LogP contribution in [0.5, 0.6) is 0 Å². The van der Waals surface area contributed by atoms with Gasteiger partial charge in [-0.3, -0.25) is 14.6 Å². The summed E-state index contributed by atoms with van der Waals surface area (Å²) in [5.41, 5.74) is 3.95. The third-order valence-corrected chi connectivity index (χ3v) is 5.88. The minimum Gasteiger partial charge on any atom is -0.306 e. The molecule has 1 fully saturated rings. The summed E-state index contributed by atoms with van der Waals surface area (Å²) in [7, 11) is 2.09. The van der Waals surface area contributed by atoms with Gasteiger partial charge in [0.25, 0.3) is 0 Å². The quantitative estimate of drug-likeness (QED) is 0.585. The predicted molar refractivity (Wildman–Crippen MR) is 116 cm³/mol. The molecular formula is C24H26N4O2. The third-order valence-electron chi connectivity index (χ3n) is 5.88. The van der Waals surface area contributed by atoms with E-state index in [2.05, 4.69) is 27.1 Å². The topological polar surface area (TPSA) is 76.0 Å². The molecule has 154 valence electrons. The maximum Gasteiger partial charge on any atom is 0.164 e. The second-order valence-corrected chi connectivity index (χ2v) is 8.07. The number of pyridine rings is 1. The van der Waals surface area contributed by atoms with Crippen molar-refractivity contribution in [3.05, 3.63) is 54.0 Å². The van der Waals surface area contributed by atoms with Crippen molar-refractivity contribution in [1.82, 2.24) is 20.1 Å². The molecule has 3 aromatic rings. The van der Waals surface area contributed by atoms with E-state index in [-0.39, 0.29) is 17.5 Å². The van der Waals surface area contributed by atoms with Gasteiger partial charge in [0.1, 0.15) is 5.78 Å². The van der Waals surface area contributed by atoms with E-state index in [1.807, 2.05) is 37.3 Å². The number of Topliss-reactive ketones (excluding diaryl/α,β-unsaturated/α-hetero) is 2. The molecule has 0 N–H and O–H groups in total. The minimum absolute atomic E-state index is 0.0747. The molecule has 30 heavy (non-hydrogen) atoms. The first kappa shape index (κ1) is 20.3. The van der Waals surface area contributed by atoms with Gasteiger partial charge in [-0.05, 0) is 62.8 Å². The Balaban J connectivity index is 1.57. The summed E-state index contributed by atoms with van der Waals surface area (Å²) < 4.78 is 0. The molecular weight excluding hydrogens is 376 g/mol. The minimum atomic E-state index is 0.0747. The first-order valence-electron chi connectivity index (χ1n) is 10.5. The number of rotatable bonds is 6. The third kappa shape index (κ3) is 4.44. The van der Waals surface area contributed by atoms with E-state index >= 15 is 0 Å². The van der Waals surface area contributed by atoms with Crippen molar-refractivity contribution in [3.8, 4) is 11.1 Å². The lowest BCUT2D eigenvalue weighted by Crippen LogP contribution is -2.34. The smallest absolute Gasteiger partial charge is 0.164 e. The fourth-order valence-electron chi connectivity index (χ4n) is 3.96. The number of hydrogen-bond acceptors (Lipinski definition) is 6. The molecule has 0 amide bonds. The van der Waals surface area contributed by atoms with Crippen LogP contribution in [0.15, 0.2) is 42.7 Å². The monoisotopic (exact) mass is 402 g/mol. The van der Waals surface area contributed by atoms with Gasteiger partial charge in [0, 0.05) is 41.2 Å². The number of aromatic nitrogens is 3. The molecule has 0 unspecified atom stereocenters. The normalized spacial score (nSPS) is 15.4. The molecule has 0 spiro atoms. The highest BCUT2D eigenvalue weighted by atomic mass is 16.1. The van der Waals surface area contributed by atoms with Gasteiger partial charge in [-0.15, -0.1) is 0 Å². The van der Waals surface area contributed by atoms with Gasteiger partial charge in [0.2, 0.25) is 0 Å². The zero-order valence-electron chi connectivity index (χ0n) is 17.5. The molecule has 0 aliphatic carbocycles. The van der Waals surface area contributed by atoms with Crippen LogP contribution in [0.25, 0.3) is 22.0 Å². The SMILES string of the molecule is CCC(=O)c1cncc(-c2ccc3nnc(CC(=O)C4CCN(C)CC4)cc3c2)c1. The van der Waals surface area contributed by atoms with E-state index in [0.717, 1.165) is 48.0 Å². The van der Waals surface area contributed by atoms with Crippen molar-refractivity contribution in [3.63, 3.8) is 0 Å². The second kappa shape index (κ2) is 8.79. The molecule has 1 aliphatic heterocycles. The van der Waals surface area contributed by atoms with Crippen molar-refractivity contribution >= 4 is 22.5 Å². The molecule has 0 radical (unpaired) electrons. The van der Waals surface area contributed by atoms with Crippen LogP contribution < -0.4 is 0 Å². The maximum atomic E-state index is 12.7. The molecule has 2 aromatic heterocycles. The zero-order valence-corrected chi connectivity index (χ0v) is 17.5. The molecule has 4 rings (SSSR count). The molecule has 0 bridgehead atoms. The number of benzene rings is 1. The van der Waals surface area contributed by atoms with Crippen LogP contribution in [0.3, 0.4) is 0 Å². The molecule has 1 aromatic carbocycles. The van der Waals surface area contributed by atoms with Gasteiger partial charge in [-0.1, -0.05) is 13.0 Å². The molecule has 0 saturated carbocycles. The summed E-state index contributed by atoms with van der Waals surface area (Å²) >= 11 is 0. The first-order valence-corrected chi connectivity index (χ1v) is 10.5. The van der Waals surface area contributed by atoms with Gasteiger partial charge < -0.3 is 4.90 Å². The van der Waals surface area contributed by atoms with Crippen LogP contribution >= 0.6 is 0 Å². The lowest BCUT2D eigenvalue weighted by atomic mass is 9.90. The molecule has 6 heteroatoms. The van der Waals surface area contributed by atoms with Crippen molar-refractivity contribution in [1.29, 1.82) is 0 Å². The number of piperidine rings is 1. The maximum absolute atomic E-state index is 12.7. The highest BCUT2D eigenvalue weighted by Gasteiger charge is 2.23. The number of fused-ring (bicyclic) bond motifs is 1. The fraction of sp³-hybridized carbons (Fsp3) is 0.375. The second-order valence-electron chi connectivity index (χ2n) is 8.07. The number of ketones is 2.